The van der Waals surface area contributed by atoms with Gasteiger partial charge in [0.05, 0.1) is 5.92 Å². The van der Waals surface area contributed by atoms with Crippen molar-refractivity contribution in [3.05, 3.63) is 29.3 Å². The van der Waals surface area contributed by atoms with E-state index in [-0.39, 0.29) is 35.3 Å². The van der Waals surface area contributed by atoms with Crippen LogP contribution in [0.2, 0.25) is 5.82 Å². The molecule has 7 nitrogen and oxygen atoms in total. The lowest BCUT2D eigenvalue weighted by Crippen LogP contribution is -2.36. The summed E-state index contributed by atoms with van der Waals surface area (Å²) >= 11 is 0. The van der Waals surface area contributed by atoms with Crippen LogP contribution in [-0.4, -0.2) is 36.7 Å². The average Bonchev–Trinajstić information content (AvgIpc) is 2.69. The van der Waals surface area contributed by atoms with E-state index in [1.165, 1.54) is 6.07 Å². The van der Waals surface area contributed by atoms with Crippen molar-refractivity contribution >= 4 is 24.8 Å². The number of hydrogen-bond acceptors (Lipinski definition) is 7. The van der Waals surface area contributed by atoms with E-state index in [0.29, 0.717) is 25.7 Å². The molecule has 0 bridgehead atoms. The minimum Gasteiger partial charge on any atom is -0.535 e. The Hall–Kier alpha value is -2.35. The fourth-order valence-electron chi connectivity index (χ4n) is 3.45. The van der Waals surface area contributed by atoms with Gasteiger partial charge in [-0.3, -0.25) is 9.59 Å². The van der Waals surface area contributed by atoms with Gasteiger partial charge in [0.25, 0.3) is 0 Å². The zero-order valence-corrected chi connectivity index (χ0v) is 17.3. The Morgan fingerprint density at radius 1 is 1.21 bits per heavy atom. The molecular formula is C21H29BO7. The van der Waals surface area contributed by atoms with Gasteiger partial charge in [0.1, 0.15) is 17.1 Å². The molecule has 8 heteroatoms. The van der Waals surface area contributed by atoms with Crippen molar-refractivity contribution in [2.75, 3.05) is 6.79 Å². The van der Waals surface area contributed by atoms with Gasteiger partial charge in [0.15, 0.2) is 0 Å². The first-order valence-corrected chi connectivity index (χ1v) is 10.2. The molecule has 0 radical (unpaired) electrons. The van der Waals surface area contributed by atoms with Gasteiger partial charge in [-0.1, -0.05) is 32.9 Å². The van der Waals surface area contributed by atoms with Crippen molar-refractivity contribution in [1.82, 2.24) is 0 Å². The van der Waals surface area contributed by atoms with Gasteiger partial charge in [-0.05, 0) is 37.3 Å². The maximum absolute atomic E-state index is 12.4. The zero-order chi connectivity index (χ0) is 21.4. The smallest absolute Gasteiger partial charge is 0.526 e. The molecule has 0 saturated heterocycles. The second-order valence-electron chi connectivity index (χ2n) is 7.29. The van der Waals surface area contributed by atoms with Crippen LogP contribution in [0.15, 0.2) is 18.2 Å². The molecule has 158 valence electrons. The summed E-state index contributed by atoms with van der Waals surface area (Å²) < 4.78 is 15.7. The normalized spacial score (nSPS) is 15.5. The molecule has 0 aliphatic carbocycles. The Bertz CT molecular complexity index is 730. The van der Waals surface area contributed by atoms with Crippen molar-refractivity contribution in [2.24, 2.45) is 5.92 Å². The summed E-state index contributed by atoms with van der Waals surface area (Å²) in [6.45, 7) is 5.24. The fourth-order valence-corrected chi connectivity index (χ4v) is 3.45. The van der Waals surface area contributed by atoms with Crippen LogP contribution in [0.1, 0.15) is 68.8 Å². The van der Waals surface area contributed by atoms with E-state index in [1.807, 2.05) is 20.8 Å². The number of rotatable bonds is 10. The van der Waals surface area contributed by atoms with Crippen molar-refractivity contribution in [2.45, 2.75) is 65.1 Å². The molecule has 29 heavy (non-hydrogen) atoms. The number of ether oxygens (including phenoxy) is 2. The molecule has 0 aromatic heterocycles. The van der Waals surface area contributed by atoms with Crippen LogP contribution in [0.3, 0.4) is 0 Å². The third kappa shape index (κ3) is 6.06. The molecule has 1 aromatic rings. The molecular weight excluding hydrogens is 375 g/mol. The maximum atomic E-state index is 12.4. The lowest BCUT2D eigenvalue weighted by Gasteiger charge is -2.28. The van der Waals surface area contributed by atoms with E-state index in [4.69, 9.17) is 14.1 Å². The van der Waals surface area contributed by atoms with Crippen LogP contribution in [0.5, 0.6) is 5.75 Å². The van der Waals surface area contributed by atoms with E-state index < -0.39 is 25.8 Å². The van der Waals surface area contributed by atoms with Gasteiger partial charge in [-0.2, -0.15) is 0 Å². The topological polar surface area (TPSA) is 99.1 Å². The predicted octanol–water partition coefficient (Wildman–Crippen LogP) is 3.33. The van der Waals surface area contributed by atoms with Gasteiger partial charge < -0.3 is 19.2 Å². The largest absolute Gasteiger partial charge is 0.535 e. The Labute approximate surface area is 171 Å². The summed E-state index contributed by atoms with van der Waals surface area (Å²) in [5.41, 5.74) is 0.881. The summed E-state index contributed by atoms with van der Waals surface area (Å²) in [7, 11) is -1.18. The van der Waals surface area contributed by atoms with Crippen LogP contribution in [0.25, 0.3) is 0 Å². The minimum absolute atomic E-state index is 0.0819. The van der Waals surface area contributed by atoms with Crippen molar-refractivity contribution in [3.8, 4) is 5.75 Å². The number of fused-ring (bicyclic) bond motifs is 1. The Morgan fingerprint density at radius 2 is 1.93 bits per heavy atom. The Morgan fingerprint density at radius 3 is 2.59 bits per heavy atom. The monoisotopic (exact) mass is 404 g/mol. The van der Waals surface area contributed by atoms with Crippen LogP contribution in [0.4, 0.5) is 0 Å². The highest BCUT2D eigenvalue weighted by atomic mass is 16.7. The van der Waals surface area contributed by atoms with Gasteiger partial charge in [-0.15, -0.1) is 0 Å². The average molecular weight is 404 g/mol. The zero-order valence-electron chi connectivity index (χ0n) is 17.3. The number of para-hydroxylation sites is 1. The lowest BCUT2D eigenvalue weighted by molar-refractivity contribution is -0.157. The Kier molecular flexibility index (Phi) is 8.70. The highest BCUT2D eigenvalue weighted by Crippen LogP contribution is 2.36. The number of ketones is 1. The first-order chi connectivity index (χ1) is 13.9. The summed E-state index contributed by atoms with van der Waals surface area (Å²) in [5.74, 6) is -1.34. The minimum atomic E-state index is -1.18. The number of benzene rings is 1. The van der Waals surface area contributed by atoms with E-state index in [9.17, 15) is 19.4 Å². The molecule has 0 saturated carbocycles. The molecule has 0 amide bonds. The third-order valence-corrected chi connectivity index (χ3v) is 5.17. The number of Topliss-reactive ketones (excluding diaryl/α,β-unsaturated/α-hetero) is 1. The van der Waals surface area contributed by atoms with E-state index in [0.717, 1.165) is 12.0 Å². The molecule has 0 fully saturated rings. The quantitative estimate of drug-likeness (QED) is 0.363. The number of carbonyl (C=O) groups is 3. The summed E-state index contributed by atoms with van der Waals surface area (Å²) in [5, 5.41) is 10.3. The summed E-state index contributed by atoms with van der Waals surface area (Å²) in [6, 6.07) is 5.01. The van der Waals surface area contributed by atoms with Crippen LogP contribution in [-0.2, 0) is 25.5 Å². The first-order valence-electron chi connectivity index (χ1n) is 10.2. The molecule has 1 heterocycles. The van der Waals surface area contributed by atoms with Crippen molar-refractivity contribution in [3.63, 3.8) is 0 Å². The number of hydrogen-bond donors (Lipinski definition) is 1. The van der Waals surface area contributed by atoms with E-state index >= 15 is 0 Å². The van der Waals surface area contributed by atoms with Crippen molar-refractivity contribution < 1.29 is 33.5 Å². The second kappa shape index (κ2) is 11.0. The highest BCUT2D eigenvalue weighted by Gasteiger charge is 2.37. The van der Waals surface area contributed by atoms with Gasteiger partial charge in [-0.25, -0.2) is 4.79 Å². The maximum Gasteiger partial charge on any atom is 0.526 e. The van der Waals surface area contributed by atoms with Crippen molar-refractivity contribution in [1.29, 1.82) is 0 Å². The van der Waals surface area contributed by atoms with Gasteiger partial charge >= 0.3 is 19.1 Å². The van der Waals surface area contributed by atoms with Crippen LogP contribution in [0, 0.1) is 5.92 Å². The van der Waals surface area contributed by atoms with E-state index in [2.05, 4.69) is 0 Å². The number of carbonyl (C=O) groups excluding carboxylic acids is 3. The Balaban J connectivity index is 2.01. The summed E-state index contributed by atoms with van der Waals surface area (Å²) in [6.07, 6.45) is 3.20. The molecule has 0 unspecified atom stereocenters. The fraction of sp³-hybridized carbons (Fsp3) is 0.571. The molecule has 2 rings (SSSR count). The molecule has 1 N–H and O–H groups in total. The molecule has 1 aliphatic rings. The molecule has 1 atom stereocenters. The molecule has 1 aliphatic heterocycles. The molecule has 1 aromatic carbocycles. The number of esters is 2. The lowest BCUT2D eigenvalue weighted by atomic mass is 9.64. The van der Waals surface area contributed by atoms with Gasteiger partial charge in [0, 0.05) is 18.7 Å². The van der Waals surface area contributed by atoms with Crippen LogP contribution < -0.4 is 4.65 Å². The second-order valence-corrected chi connectivity index (χ2v) is 7.29. The predicted molar refractivity (Wildman–Crippen MR) is 107 cm³/mol. The third-order valence-electron chi connectivity index (χ3n) is 5.17. The van der Waals surface area contributed by atoms with Crippen LogP contribution >= 0.6 is 0 Å². The van der Waals surface area contributed by atoms with E-state index in [1.54, 1.807) is 12.1 Å². The first kappa shape index (κ1) is 22.9. The highest BCUT2D eigenvalue weighted by molar-refractivity contribution is 6.47. The SMILES string of the molecule is CCCC(=O)C[C@H]1Cc2cccc(C(=O)OCOC(=O)C(CC)CC)c2OB1O. The molecule has 0 spiro atoms. The van der Waals surface area contributed by atoms with Gasteiger partial charge in [0.2, 0.25) is 6.79 Å². The summed E-state index contributed by atoms with van der Waals surface area (Å²) in [4.78, 5) is 36.2. The standard InChI is InChI=1S/C21H29BO7/c1-4-8-17(23)12-16-11-15-9-7-10-18(19(15)29-22(16)26)21(25)28-13-27-20(24)14(5-2)6-3/h7,9-10,14,16,26H,4-6,8,11-13H2,1-3H3/t16-/m1/s1.